The maximum atomic E-state index is 5.32. The van der Waals surface area contributed by atoms with E-state index in [-0.39, 0.29) is 0 Å². The number of hydrogen-bond donors (Lipinski definition) is 0. The fraction of sp³-hybridized carbons (Fsp3) is 0.333. The lowest BCUT2D eigenvalue weighted by Crippen LogP contribution is -1.64. The SMILES string of the molecule is CC(C)=Cc1ccc(C)o1. The summed E-state index contributed by atoms with van der Waals surface area (Å²) in [5, 5.41) is 0. The summed E-state index contributed by atoms with van der Waals surface area (Å²) in [6.45, 7) is 6.05. The predicted molar refractivity (Wildman–Crippen MR) is 42.8 cm³/mol. The number of hydrogen-bond acceptors (Lipinski definition) is 1. The van der Waals surface area contributed by atoms with Gasteiger partial charge in [0, 0.05) is 0 Å². The average Bonchev–Trinajstić information content (AvgIpc) is 2.13. The van der Waals surface area contributed by atoms with Crippen molar-refractivity contribution >= 4 is 6.08 Å². The second kappa shape index (κ2) is 2.74. The molecule has 0 bridgehead atoms. The highest BCUT2D eigenvalue weighted by atomic mass is 16.3. The molecule has 0 fully saturated rings. The van der Waals surface area contributed by atoms with Crippen molar-refractivity contribution in [3.8, 4) is 0 Å². The normalized spacial score (nSPS) is 9.50. The minimum atomic E-state index is 0.942. The zero-order valence-corrected chi connectivity index (χ0v) is 6.64. The van der Waals surface area contributed by atoms with Crippen molar-refractivity contribution in [1.29, 1.82) is 0 Å². The van der Waals surface area contributed by atoms with Crippen LogP contribution >= 0.6 is 0 Å². The van der Waals surface area contributed by atoms with Crippen LogP contribution in [-0.4, -0.2) is 0 Å². The van der Waals surface area contributed by atoms with Gasteiger partial charge in [-0.1, -0.05) is 5.57 Å². The van der Waals surface area contributed by atoms with Crippen molar-refractivity contribution in [2.24, 2.45) is 0 Å². The number of rotatable bonds is 1. The molecule has 0 spiro atoms. The van der Waals surface area contributed by atoms with E-state index >= 15 is 0 Å². The van der Waals surface area contributed by atoms with Gasteiger partial charge in [0.25, 0.3) is 0 Å². The van der Waals surface area contributed by atoms with Gasteiger partial charge in [0.1, 0.15) is 11.5 Å². The van der Waals surface area contributed by atoms with Crippen molar-refractivity contribution in [1.82, 2.24) is 0 Å². The lowest BCUT2D eigenvalue weighted by Gasteiger charge is -1.86. The van der Waals surface area contributed by atoms with Crippen LogP contribution in [0.5, 0.6) is 0 Å². The molecule has 0 aromatic carbocycles. The molecule has 0 atom stereocenters. The maximum Gasteiger partial charge on any atom is 0.126 e. The fourth-order valence-corrected chi connectivity index (χ4v) is 0.816. The molecule has 0 saturated carbocycles. The van der Waals surface area contributed by atoms with Gasteiger partial charge in [0.15, 0.2) is 0 Å². The van der Waals surface area contributed by atoms with Gasteiger partial charge in [-0.05, 0) is 39.0 Å². The molecule has 0 aliphatic carbocycles. The van der Waals surface area contributed by atoms with Crippen LogP contribution in [0.3, 0.4) is 0 Å². The first-order valence-electron chi connectivity index (χ1n) is 3.40. The third-order valence-corrected chi connectivity index (χ3v) is 1.19. The first-order valence-corrected chi connectivity index (χ1v) is 3.40. The lowest BCUT2D eigenvalue weighted by molar-refractivity contribution is 0.524. The van der Waals surface area contributed by atoms with Crippen LogP contribution in [0, 0.1) is 6.92 Å². The van der Waals surface area contributed by atoms with E-state index in [1.54, 1.807) is 0 Å². The first kappa shape index (κ1) is 7.13. The van der Waals surface area contributed by atoms with Gasteiger partial charge in [-0.3, -0.25) is 0 Å². The summed E-state index contributed by atoms with van der Waals surface area (Å²) in [5.74, 6) is 1.91. The van der Waals surface area contributed by atoms with E-state index in [1.165, 1.54) is 5.57 Å². The summed E-state index contributed by atoms with van der Waals surface area (Å²) >= 11 is 0. The molecule has 0 saturated heterocycles. The Bertz CT molecular complexity index is 239. The van der Waals surface area contributed by atoms with E-state index < -0.39 is 0 Å². The zero-order valence-electron chi connectivity index (χ0n) is 6.64. The van der Waals surface area contributed by atoms with Crippen LogP contribution in [0.1, 0.15) is 25.4 Å². The Kier molecular flexibility index (Phi) is 1.95. The Morgan fingerprint density at radius 1 is 1.40 bits per heavy atom. The van der Waals surface area contributed by atoms with Gasteiger partial charge < -0.3 is 4.42 Å². The van der Waals surface area contributed by atoms with Crippen molar-refractivity contribution in [2.75, 3.05) is 0 Å². The number of furan rings is 1. The monoisotopic (exact) mass is 136 g/mol. The molecule has 0 amide bonds. The molecule has 1 heterocycles. The van der Waals surface area contributed by atoms with Crippen molar-refractivity contribution in [3.63, 3.8) is 0 Å². The van der Waals surface area contributed by atoms with Gasteiger partial charge >= 0.3 is 0 Å². The lowest BCUT2D eigenvalue weighted by atomic mass is 10.3. The van der Waals surface area contributed by atoms with Crippen LogP contribution in [0.2, 0.25) is 0 Å². The summed E-state index contributed by atoms with van der Waals surface area (Å²) in [6.07, 6.45) is 2.02. The van der Waals surface area contributed by atoms with Crippen LogP contribution < -0.4 is 0 Å². The van der Waals surface area contributed by atoms with Gasteiger partial charge in [-0.25, -0.2) is 0 Å². The van der Waals surface area contributed by atoms with E-state index in [0.717, 1.165) is 11.5 Å². The highest BCUT2D eigenvalue weighted by Gasteiger charge is 1.91. The summed E-state index contributed by atoms with van der Waals surface area (Å²) in [7, 11) is 0. The predicted octanol–water partition coefficient (Wildman–Crippen LogP) is 3.01. The van der Waals surface area contributed by atoms with E-state index in [4.69, 9.17) is 4.42 Å². The molecule has 1 rings (SSSR count). The van der Waals surface area contributed by atoms with Crippen molar-refractivity contribution < 1.29 is 4.42 Å². The van der Waals surface area contributed by atoms with E-state index in [0.29, 0.717) is 0 Å². The molecular weight excluding hydrogens is 124 g/mol. The molecule has 1 aromatic heterocycles. The highest BCUT2D eigenvalue weighted by molar-refractivity contribution is 5.45. The Morgan fingerprint density at radius 3 is 2.50 bits per heavy atom. The average molecular weight is 136 g/mol. The molecule has 0 N–H and O–H groups in total. The third-order valence-electron chi connectivity index (χ3n) is 1.19. The van der Waals surface area contributed by atoms with Crippen LogP contribution in [0.15, 0.2) is 22.1 Å². The molecule has 1 nitrogen and oxygen atoms in total. The molecule has 54 valence electrons. The Hall–Kier alpha value is -0.980. The van der Waals surface area contributed by atoms with E-state index in [9.17, 15) is 0 Å². The van der Waals surface area contributed by atoms with Gasteiger partial charge in [0.2, 0.25) is 0 Å². The number of allylic oxidation sites excluding steroid dienone is 1. The third kappa shape index (κ3) is 1.76. The standard InChI is InChI=1S/C9H12O/c1-7(2)6-9-5-4-8(3)10-9/h4-6H,1-3H3. The molecular formula is C9H12O. The molecule has 1 aromatic rings. The summed E-state index contributed by atoms with van der Waals surface area (Å²) in [5.41, 5.74) is 1.26. The van der Waals surface area contributed by atoms with Crippen LogP contribution in [-0.2, 0) is 0 Å². The molecule has 0 aliphatic rings. The van der Waals surface area contributed by atoms with Gasteiger partial charge in [-0.2, -0.15) is 0 Å². The Labute approximate surface area is 61.4 Å². The van der Waals surface area contributed by atoms with Gasteiger partial charge in [0.05, 0.1) is 0 Å². The van der Waals surface area contributed by atoms with E-state index in [1.807, 2.05) is 25.1 Å². The second-order valence-electron chi connectivity index (χ2n) is 2.67. The van der Waals surface area contributed by atoms with Crippen LogP contribution in [0.25, 0.3) is 6.08 Å². The minimum Gasteiger partial charge on any atom is -0.462 e. The molecule has 0 aliphatic heterocycles. The van der Waals surface area contributed by atoms with Crippen LogP contribution in [0.4, 0.5) is 0 Å². The molecule has 1 heteroatoms. The number of aryl methyl sites for hydroxylation is 1. The minimum absolute atomic E-state index is 0.942. The maximum absolute atomic E-state index is 5.32. The van der Waals surface area contributed by atoms with Gasteiger partial charge in [-0.15, -0.1) is 0 Å². The Balaban J connectivity index is 2.86. The molecule has 0 radical (unpaired) electrons. The Morgan fingerprint density at radius 2 is 2.10 bits per heavy atom. The largest absolute Gasteiger partial charge is 0.462 e. The highest BCUT2D eigenvalue weighted by Crippen LogP contribution is 2.09. The first-order chi connectivity index (χ1) is 4.68. The zero-order chi connectivity index (χ0) is 7.56. The van der Waals surface area contributed by atoms with Crippen molar-refractivity contribution in [2.45, 2.75) is 20.8 Å². The summed E-state index contributed by atoms with van der Waals surface area (Å²) in [6, 6.07) is 3.94. The van der Waals surface area contributed by atoms with E-state index in [2.05, 4.69) is 13.8 Å². The summed E-state index contributed by atoms with van der Waals surface area (Å²) < 4.78 is 5.32. The quantitative estimate of drug-likeness (QED) is 0.578. The topological polar surface area (TPSA) is 13.1 Å². The molecule has 0 unspecified atom stereocenters. The van der Waals surface area contributed by atoms with Crippen molar-refractivity contribution in [3.05, 3.63) is 29.2 Å². The second-order valence-corrected chi connectivity index (χ2v) is 2.67. The summed E-state index contributed by atoms with van der Waals surface area (Å²) in [4.78, 5) is 0. The fourth-order valence-electron chi connectivity index (χ4n) is 0.816. The molecule has 10 heavy (non-hydrogen) atoms. The smallest absolute Gasteiger partial charge is 0.126 e.